The molecule has 0 aliphatic carbocycles. The Balaban J connectivity index is 0.000000199. The van der Waals surface area contributed by atoms with Gasteiger partial charge in [-0.05, 0) is 63.2 Å². The number of nitrogens with one attached hydrogen (secondary N) is 3. The topological polar surface area (TPSA) is 99.5 Å². The summed E-state index contributed by atoms with van der Waals surface area (Å²) in [5.74, 6) is 0. The SMILES string of the molecule is CC.C[C@@]12CCCN[C@]1(N)CNC2.Cc1ccc(S(=O)(=O)N2CC3NCCC[C@@]3(C)C2)cc1. The van der Waals surface area contributed by atoms with E-state index in [4.69, 9.17) is 5.73 Å². The second-order valence-corrected chi connectivity index (χ2v) is 12.5. The van der Waals surface area contributed by atoms with Crippen LogP contribution in [0.1, 0.15) is 58.9 Å². The number of rotatable bonds is 2. The van der Waals surface area contributed by atoms with Crippen LogP contribution in [0.25, 0.3) is 0 Å². The summed E-state index contributed by atoms with van der Waals surface area (Å²) in [6.07, 6.45) is 4.75. The number of sulfonamides is 1. The quantitative estimate of drug-likeness (QED) is 0.520. The van der Waals surface area contributed by atoms with Crippen molar-refractivity contribution in [2.45, 2.75) is 76.9 Å². The van der Waals surface area contributed by atoms with Gasteiger partial charge in [-0.2, -0.15) is 4.31 Å². The summed E-state index contributed by atoms with van der Waals surface area (Å²) in [6.45, 7) is 15.7. The highest BCUT2D eigenvalue weighted by Gasteiger charge is 2.50. The zero-order valence-electron chi connectivity index (χ0n) is 21.2. The van der Waals surface area contributed by atoms with E-state index in [-0.39, 0.29) is 22.5 Å². The molecule has 5 rings (SSSR count). The standard InChI is InChI=1S/C15H22N2O2S.C8H17N3.C2H6/c1-12-4-6-13(7-5-12)20(18,19)17-10-14-15(2,11-17)8-3-9-16-14;1-7-3-2-4-11-8(7,9)6-10-5-7;1-2/h4-7,14,16H,3,8-11H2,1-2H3;10-11H,2-6,9H2,1H3;1-2H3/t14?,15-;7-,8+;/m00./s1. The van der Waals surface area contributed by atoms with Crippen LogP contribution >= 0.6 is 0 Å². The summed E-state index contributed by atoms with van der Waals surface area (Å²) in [4.78, 5) is 0.408. The van der Waals surface area contributed by atoms with Gasteiger partial charge >= 0.3 is 0 Å². The van der Waals surface area contributed by atoms with E-state index in [1.54, 1.807) is 16.4 Å². The Bertz CT molecular complexity index is 875. The largest absolute Gasteiger partial charge is 0.313 e. The molecule has 0 amide bonds. The molecular weight excluding hydrogens is 434 g/mol. The fraction of sp³-hybridized carbons (Fsp3) is 0.760. The lowest BCUT2D eigenvalue weighted by Crippen LogP contribution is -2.66. The van der Waals surface area contributed by atoms with Crippen LogP contribution < -0.4 is 21.7 Å². The fourth-order valence-corrected chi connectivity index (χ4v) is 7.25. The van der Waals surface area contributed by atoms with Gasteiger partial charge in [-0.1, -0.05) is 45.4 Å². The minimum absolute atomic E-state index is 0.0794. The number of nitrogens with zero attached hydrogens (tertiary/aromatic N) is 1. The molecule has 4 aliphatic heterocycles. The highest BCUT2D eigenvalue weighted by Crippen LogP contribution is 2.40. The molecule has 0 bridgehead atoms. The van der Waals surface area contributed by atoms with Gasteiger partial charge in [0.1, 0.15) is 0 Å². The average molecular weight is 480 g/mol. The molecule has 0 spiro atoms. The van der Waals surface area contributed by atoms with Gasteiger partial charge in [0.15, 0.2) is 0 Å². The lowest BCUT2D eigenvalue weighted by molar-refractivity contribution is 0.115. The van der Waals surface area contributed by atoms with Crippen LogP contribution in [0.4, 0.5) is 0 Å². The van der Waals surface area contributed by atoms with Crippen molar-refractivity contribution >= 4 is 10.0 Å². The summed E-state index contributed by atoms with van der Waals surface area (Å²) < 4.78 is 27.1. The van der Waals surface area contributed by atoms with Crippen LogP contribution in [0, 0.1) is 17.8 Å². The van der Waals surface area contributed by atoms with Gasteiger partial charge in [0.25, 0.3) is 0 Å². The van der Waals surface area contributed by atoms with Crippen LogP contribution in [0.2, 0.25) is 0 Å². The first kappa shape index (κ1) is 26.6. The number of hydrogen-bond donors (Lipinski definition) is 4. The minimum atomic E-state index is -3.36. The first-order valence-electron chi connectivity index (χ1n) is 12.6. The molecule has 4 aliphatic rings. The van der Waals surface area contributed by atoms with E-state index in [0.717, 1.165) is 44.6 Å². The normalized spacial score (nSPS) is 36.0. The summed E-state index contributed by atoms with van der Waals surface area (Å²) >= 11 is 0. The first-order valence-corrected chi connectivity index (χ1v) is 14.1. The van der Waals surface area contributed by atoms with E-state index < -0.39 is 10.0 Å². The van der Waals surface area contributed by atoms with Gasteiger partial charge in [0.05, 0.1) is 10.6 Å². The average Bonchev–Trinajstić information content (AvgIpc) is 3.32. The zero-order valence-corrected chi connectivity index (χ0v) is 22.0. The predicted octanol–water partition coefficient (Wildman–Crippen LogP) is 2.42. The molecule has 188 valence electrons. The smallest absolute Gasteiger partial charge is 0.243 e. The second kappa shape index (κ2) is 10.3. The first-order chi connectivity index (χ1) is 15.6. The Morgan fingerprint density at radius 3 is 2.33 bits per heavy atom. The van der Waals surface area contributed by atoms with E-state index in [1.165, 1.54) is 12.8 Å². The van der Waals surface area contributed by atoms with Crippen molar-refractivity contribution < 1.29 is 8.42 Å². The third-order valence-electron chi connectivity index (χ3n) is 8.08. The number of benzene rings is 1. The number of nitrogens with two attached hydrogens (primary N) is 1. The predicted molar refractivity (Wildman–Crippen MR) is 136 cm³/mol. The molecule has 1 aromatic carbocycles. The van der Waals surface area contributed by atoms with Crippen molar-refractivity contribution in [1.29, 1.82) is 0 Å². The van der Waals surface area contributed by atoms with Gasteiger partial charge in [-0.3, -0.25) is 5.32 Å². The number of aryl methyl sites for hydroxylation is 1. The van der Waals surface area contributed by atoms with Gasteiger partial charge in [-0.25, -0.2) is 8.42 Å². The Kier molecular flexibility index (Phi) is 8.29. The van der Waals surface area contributed by atoms with Crippen LogP contribution in [-0.4, -0.2) is 63.7 Å². The Labute approximate surface area is 201 Å². The van der Waals surface area contributed by atoms with Crippen molar-refractivity contribution in [3.05, 3.63) is 29.8 Å². The Hall–Kier alpha value is -1.03. The van der Waals surface area contributed by atoms with E-state index in [0.29, 0.717) is 18.0 Å². The van der Waals surface area contributed by atoms with Gasteiger partial charge < -0.3 is 16.4 Å². The summed E-state index contributed by atoms with van der Waals surface area (Å²) in [5.41, 5.74) is 7.53. The zero-order chi connectivity index (χ0) is 24.3. The van der Waals surface area contributed by atoms with Crippen molar-refractivity contribution in [2.75, 3.05) is 39.3 Å². The monoisotopic (exact) mass is 479 g/mol. The molecule has 0 radical (unpaired) electrons. The maximum absolute atomic E-state index is 12.7. The molecule has 0 aromatic heterocycles. The number of piperidine rings is 2. The molecule has 1 unspecified atom stereocenters. The third-order valence-corrected chi connectivity index (χ3v) is 9.91. The molecule has 4 saturated heterocycles. The maximum Gasteiger partial charge on any atom is 0.243 e. The maximum atomic E-state index is 12.7. The van der Waals surface area contributed by atoms with Crippen LogP contribution in [0.3, 0.4) is 0 Å². The molecular formula is C25H45N5O2S. The second-order valence-electron chi connectivity index (χ2n) is 10.5. The van der Waals surface area contributed by atoms with Crippen molar-refractivity contribution in [1.82, 2.24) is 20.3 Å². The van der Waals surface area contributed by atoms with Crippen LogP contribution in [0.15, 0.2) is 29.2 Å². The lowest BCUT2D eigenvalue weighted by Gasteiger charge is -2.44. The highest BCUT2D eigenvalue weighted by molar-refractivity contribution is 7.89. The molecule has 8 heteroatoms. The fourth-order valence-electron chi connectivity index (χ4n) is 5.66. The van der Waals surface area contributed by atoms with Gasteiger partial charge in [0.2, 0.25) is 10.0 Å². The number of fused-ring (bicyclic) bond motifs is 2. The van der Waals surface area contributed by atoms with E-state index in [9.17, 15) is 8.42 Å². The van der Waals surface area contributed by atoms with Crippen molar-refractivity contribution in [3.8, 4) is 0 Å². The Morgan fingerprint density at radius 2 is 1.70 bits per heavy atom. The van der Waals surface area contributed by atoms with E-state index in [1.807, 2.05) is 32.9 Å². The van der Waals surface area contributed by atoms with Crippen LogP contribution in [0.5, 0.6) is 0 Å². The van der Waals surface area contributed by atoms with Crippen molar-refractivity contribution in [3.63, 3.8) is 0 Å². The molecule has 1 aromatic rings. The summed E-state index contributed by atoms with van der Waals surface area (Å²) in [6, 6.07) is 7.42. The van der Waals surface area contributed by atoms with Crippen molar-refractivity contribution in [2.24, 2.45) is 16.6 Å². The lowest BCUT2D eigenvalue weighted by atomic mass is 9.74. The highest BCUT2D eigenvalue weighted by atomic mass is 32.2. The molecule has 0 saturated carbocycles. The number of hydrogen-bond acceptors (Lipinski definition) is 6. The van der Waals surface area contributed by atoms with Crippen LogP contribution in [-0.2, 0) is 10.0 Å². The minimum Gasteiger partial charge on any atom is -0.313 e. The molecule has 5 N–H and O–H groups in total. The van der Waals surface area contributed by atoms with Gasteiger partial charge in [-0.15, -0.1) is 0 Å². The molecule has 7 nitrogen and oxygen atoms in total. The molecule has 33 heavy (non-hydrogen) atoms. The molecule has 4 atom stereocenters. The third kappa shape index (κ3) is 5.31. The van der Waals surface area contributed by atoms with E-state index in [2.05, 4.69) is 29.8 Å². The summed E-state index contributed by atoms with van der Waals surface area (Å²) in [5, 5.41) is 10.2. The van der Waals surface area contributed by atoms with E-state index >= 15 is 0 Å². The molecule has 4 fully saturated rings. The summed E-state index contributed by atoms with van der Waals surface area (Å²) in [7, 11) is -3.36. The molecule has 4 heterocycles. The van der Waals surface area contributed by atoms with Gasteiger partial charge in [0, 0.05) is 37.6 Å². The Morgan fingerprint density at radius 1 is 1.03 bits per heavy atom.